The third-order valence-electron chi connectivity index (χ3n) is 2.77. The normalized spacial score (nSPS) is 12.3. The molecule has 0 aromatic heterocycles. The van der Waals surface area contributed by atoms with Crippen LogP contribution in [0.15, 0.2) is 35.8 Å². The van der Waals surface area contributed by atoms with Crippen molar-refractivity contribution in [2.24, 2.45) is 4.99 Å². The van der Waals surface area contributed by atoms with Gasteiger partial charge in [-0.05, 0) is 38.0 Å². The van der Waals surface area contributed by atoms with Crippen LogP contribution in [-0.4, -0.2) is 19.0 Å². The van der Waals surface area contributed by atoms with E-state index in [-0.39, 0.29) is 35.8 Å². The highest BCUT2D eigenvalue weighted by Crippen LogP contribution is 2.16. The van der Waals surface area contributed by atoms with Gasteiger partial charge < -0.3 is 10.6 Å². The Morgan fingerprint density at radius 3 is 2.75 bits per heavy atom. The monoisotopic (exact) mass is 391 g/mol. The Morgan fingerprint density at radius 2 is 2.20 bits per heavy atom. The minimum absolute atomic E-state index is 0. The van der Waals surface area contributed by atoms with Crippen LogP contribution in [0.3, 0.4) is 0 Å². The number of nitrogens with zero attached hydrogens (tertiary/aromatic N) is 1. The topological polar surface area (TPSA) is 36.4 Å². The zero-order chi connectivity index (χ0) is 14.3. The highest BCUT2D eigenvalue weighted by atomic mass is 127. The number of rotatable bonds is 5. The van der Waals surface area contributed by atoms with Gasteiger partial charge in [-0.15, -0.1) is 30.6 Å². The SMILES string of the molecule is C=CCN=C(NCC)NC(C)c1ccc(C)c(F)c1.I. The van der Waals surface area contributed by atoms with Gasteiger partial charge in [0, 0.05) is 6.54 Å². The standard InChI is InChI=1S/C15H22FN3.HI/c1-5-9-18-15(17-6-2)19-12(4)13-8-7-11(3)14(16)10-13;/h5,7-8,10,12H,1,6,9H2,2-4H3,(H2,17,18,19);1H. The maximum Gasteiger partial charge on any atom is 0.192 e. The zero-order valence-electron chi connectivity index (χ0n) is 12.2. The van der Waals surface area contributed by atoms with Crippen molar-refractivity contribution >= 4 is 29.9 Å². The molecule has 5 heteroatoms. The number of nitrogens with one attached hydrogen (secondary N) is 2. The summed E-state index contributed by atoms with van der Waals surface area (Å²) >= 11 is 0. The van der Waals surface area contributed by atoms with E-state index < -0.39 is 0 Å². The number of hydrogen-bond acceptors (Lipinski definition) is 1. The van der Waals surface area contributed by atoms with Crippen molar-refractivity contribution in [2.45, 2.75) is 26.8 Å². The fourth-order valence-corrected chi connectivity index (χ4v) is 1.64. The van der Waals surface area contributed by atoms with E-state index in [0.29, 0.717) is 18.1 Å². The molecule has 1 rings (SSSR count). The average molecular weight is 391 g/mol. The van der Waals surface area contributed by atoms with Crippen molar-refractivity contribution in [1.82, 2.24) is 10.6 Å². The van der Waals surface area contributed by atoms with E-state index >= 15 is 0 Å². The van der Waals surface area contributed by atoms with Crippen LogP contribution < -0.4 is 10.6 Å². The molecule has 1 unspecified atom stereocenters. The predicted molar refractivity (Wildman–Crippen MR) is 94.3 cm³/mol. The molecule has 0 amide bonds. The molecule has 2 N–H and O–H groups in total. The second-order valence-corrected chi connectivity index (χ2v) is 4.38. The Morgan fingerprint density at radius 1 is 1.50 bits per heavy atom. The summed E-state index contributed by atoms with van der Waals surface area (Å²) in [6, 6.07) is 5.26. The van der Waals surface area contributed by atoms with Crippen molar-refractivity contribution in [3.8, 4) is 0 Å². The average Bonchev–Trinajstić information content (AvgIpc) is 2.39. The molecule has 0 heterocycles. The van der Waals surface area contributed by atoms with Crippen molar-refractivity contribution in [3.63, 3.8) is 0 Å². The van der Waals surface area contributed by atoms with Gasteiger partial charge in [0.25, 0.3) is 0 Å². The second kappa shape index (κ2) is 9.74. The molecule has 0 fully saturated rings. The summed E-state index contributed by atoms with van der Waals surface area (Å²) in [5, 5.41) is 6.38. The number of guanidine groups is 1. The van der Waals surface area contributed by atoms with Gasteiger partial charge in [-0.3, -0.25) is 0 Å². The lowest BCUT2D eigenvalue weighted by molar-refractivity contribution is 0.607. The van der Waals surface area contributed by atoms with E-state index in [0.717, 1.165) is 12.1 Å². The lowest BCUT2D eigenvalue weighted by atomic mass is 10.1. The van der Waals surface area contributed by atoms with Gasteiger partial charge in [0.1, 0.15) is 5.82 Å². The Balaban J connectivity index is 0.00000361. The molecule has 0 aliphatic heterocycles. The van der Waals surface area contributed by atoms with Gasteiger partial charge in [0.15, 0.2) is 5.96 Å². The van der Waals surface area contributed by atoms with Crippen molar-refractivity contribution < 1.29 is 4.39 Å². The Bertz CT molecular complexity index is 460. The quantitative estimate of drug-likeness (QED) is 0.349. The maximum atomic E-state index is 13.5. The summed E-state index contributed by atoms with van der Waals surface area (Å²) in [5.74, 6) is 0.523. The molecule has 0 saturated heterocycles. The first-order valence-corrected chi connectivity index (χ1v) is 6.50. The summed E-state index contributed by atoms with van der Waals surface area (Å²) in [4.78, 5) is 4.32. The molecular weight excluding hydrogens is 368 g/mol. The molecule has 112 valence electrons. The van der Waals surface area contributed by atoms with Gasteiger partial charge in [0.05, 0.1) is 12.6 Å². The molecule has 20 heavy (non-hydrogen) atoms. The molecule has 0 aliphatic rings. The summed E-state index contributed by atoms with van der Waals surface area (Å²) in [6.45, 7) is 10.7. The number of halogens is 2. The van der Waals surface area contributed by atoms with Crippen LogP contribution in [-0.2, 0) is 0 Å². The molecule has 0 saturated carbocycles. The van der Waals surface area contributed by atoms with E-state index in [9.17, 15) is 4.39 Å². The van der Waals surface area contributed by atoms with Gasteiger partial charge in [0.2, 0.25) is 0 Å². The van der Waals surface area contributed by atoms with Crippen molar-refractivity contribution in [1.29, 1.82) is 0 Å². The van der Waals surface area contributed by atoms with Crippen molar-refractivity contribution in [3.05, 3.63) is 47.8 Å². The van der Waals surface area contributed by atoms with Crippen LogP contribution in [0.1, 0.15) is 31.0 Å². The molecule has 0 radical (unpaired) electrons. The highest BCUT2D eigenvalue weighted by Gasteiger charge is 2.09. The third-order valence-corrected chi connectivity index (χ3v) is 2.77. The Kier molecular flexibility index (Phi) is 9.20. The fourth-order valence-electron chi connectivity index (χ4n) is 1.64. The molecule has 0 aliphatic carbocycles. The van der Waals surface area contributed by atoms with Crippen LogP contribution in [0.2, 0.25) is 0 Å². The number of benzene rings is 1. The minimum atomic E-state index is -0.181. The van der Waals surface area contributed by atoms with Gasteiger partial charge in [-0.1, -0.05) is 18.2 Å². The summed E-state index contributed by atoms with van der Waals surface area (Å²) in [6.07, 6.45) is 1.73. The first-order chi connectivity index (χ1) is 9.08. The van der Waals surface area contributed by atoms with Crippen LogP contribution >= 0.6 is 24.0 Å². The van der Waals surface area contributed by atoms with Crippen LogP contribution in [0, 0.1) is 12.7 Å². The van der Waals surface area contributed by atoms with Crippen LogP contribution in [0.25, 0.3) is 0 Å². The summed E-state index contributed by atoms with van der Waals surface area (Å²) in [7, 11) is 0. The van der Waals surface area contributed by atoms with Crippen LogP contribution in [0.4, 0.5) is 4.39 Å². The molecule has 3 nitrogen and oxygen atoms in total. The lowest BCUT2D eigenvalue weighted by Gasteiger charge is -2.18. The van der Waals surface area contributed by atoms with Gasteiger partial charge in [-0.2, -0.15) is 0 Å². The molecule has 1 aromatic rings. The van der Waals surface area contributed by atoms with Crippen LogP contribution in [0.5, 0.6) is 0 Å². The highest BCUT2D eigenvalue weighted by molar-refractivity contribution is 14.0. The van der Waals surface area contributed by atoms with Gasteiger partial charge in [-0.25, -0.2) is 9.38 Å². The first kappa shape index (κ1) is 18.9. The molecule has 0 bridgehead atoms. The smallest absolute Gasteiger partial charge is 0.192 e. The molecule has 1 atom stereocenters. The number of hydrogen-bond donors (Lipinski definition) is 2. The Hall–Kier alpha value is -1.11. The Labute approximate surface area is 137 Å². The van der Waals surface area contributed by atoms with E-state index in [1.54, 1.807) is 25.1 Å². The van der Waals surface area contributed by atoms with E-state index in [2.05, 4.69) is 22.2 Å². The third kappa shape index (κ3) is 5.90. The van der Waals surface area contributed by atoms with E-state index in [4.69, 9.17) is 0 Å². The maximum absolute atomic E-state index is 13.5. The predicted octanol–water partition coefficient (Wildman–Crippen LogP) is 3.55. The molecule has 0 spiro atoms. The minimum Gasteiger partial charge on any atom is -0.357 e. The summed E-state index contributed by atoms with van der Waals surface area (Å²) in [5.41, 5.74) is 1.55. The molecule has 1 aromatic carbocycles. The first-order valence-electron chi connectivity index (χ1n) is 6.50. The zero-order valence-corrected chi connectivity index (χ0v) is 14.6. The number of aliphatic imine (C=N–C) groups is 1. The van der Waals surface area contributed by atoms with E-state index in [1.807, 2.05) is 19.9 Å². The second-order valence-electron chi connectivity index (χ2n) is 4.38. The molecular formula is C15H23FIN3. The fraction of sp³-hybridized carbons (Fsp3) is 0.400. The van der Waals surface area contributed by atoms with Gasteiger partial charge >= 0.3 is 0 Å². The largest absolute Gasteiger partial charge is 0.357 e. The van der Waals surface area contributed by atoms with E-state index in [1.165, 1.54) is 0 Å². The lowest BCUT2D eigenvalue weighted by Crippen LogP contribution is -2.38. The van der Waals surface area contributed by atoms with Crippen molar-refractivity contribution in [2.75, 3.05) is 13.1 Å². The summed E-state index contributed by atoms with van der Waals surface area (Å²) < 4.78 is 13.5. The number of aryl methyl sites for hydroxylation is 1.